The van der Waals surface area contributed by atoms with Crippen LogP contribution < -0.4 is 0 Å². The summed E-state index contributed by atoms with van der Waals surface area (Å²) in [4.78, 5) is 15.0. The van der Waals surface area contributed by atoms with E-state index < -0.39 is 5.97 Å². The van der Waals surface area contributed by atoms with E-state index in [1.54, 1.807) is 20.1 Å². The molecule has 0 saturated carbocycles. The minimum Gasteiger partial charge on any atom is -0.478 e. The van der Waals surface area contributed by atoms with Crippen LogP contribution in [0.2, 0.25) is 0 Å². The van der Waals surface area contributed by atoms with Crippen molar-refractivity contribution in [3.05, 3.63) is 28.6 Å². The fourth-order valence-electron chi connectivity index (χ4n) is 1.28. The molecule has 0 radical (unpaired) electrons. The second-order valence-electron chi connectivity index (χ2n) is 3.10. The van der Waals surface area contributed by atoms with Gasteiger partial charge in [0.2, 0.25) is 0 Å². The average Bonchev–Trinajstić information content (AvgIpc) is 2.09. The van der Waals surface area contributed by atoms with E-state index in [9.17, 15) is 4.79 Å². The summed E-state index contributed by atoms with van der Waals surface area (Å²) in [6.45, 7) is 3.92. The van der Waals surface area contributed by atoms with Crippen LogP contribution in [0.15, 0.2) is 6.07 Å². The maximum absolute atomic E-state index is 10.8. The lowest BCUT2D eigenvalue weighted by atomic mass is 10.1. The van der Waals surface area contributed by atoms with E-state index >= 15 is 0 Å². The number of nitrogens with zero attached hydrogens (tertiary/aromatic N) is 1. The number of carboxylic acid groups (broad SMARTS) is 1. The van der Waals surface area contributed by atoms with Crippen LogP contribution in [0.4, 0.5) is 0 Å². The molecule has 0 aromatic carbocycles. The highest BCUT2D eigenvalue weighted by molar-refractivity contribution is 5.89. The smallest absolute Gasteiger partial charge is 0.337 e. The third-order valence-electron chi connectivity index (χ3n) is 2.04. The zero-order valence-corrected chi connectivity index (χ0v) is 8.50. The number of methoxy groups -OCH3 is 1. The number of carbonyl (C=O) groups is 1. The lowest BCUT2D eigenvalue weighted by molar-refractivity contribution is 0.0695. The van der Waals surface area contributed by atoms with Crippen molar-refractivity contribution in [2.24, 2.45) is 0 Å². The maximum Gasteiger partial charge on any atom is 0.337 e. The Kier molecular flexibility index (Phi) is 3.19. The molecule has 76 valence electrons. The van der Waals surface area contributed by atoms with Crippen molar-refractivity contribution in [1.82, 2.24) is 4.98 Å². The van der Waals surface area contributed by atoms with Crippen LogP contribution in [0.3, 0.4) is 0 Å². The van der Waals surface area contributed by atoms with Crippen LogP contribution in [0.25, 0.3) is 0 Å². The standard InChI is InChI=1S/C10H13NO3/c1-6-8(5-14-3)4-9(10(12)13)7(2)11-6/h4H,5H2,1-3H3,(H,12,13). The molecule has 0 bridgehead atoms. The van der Waals surface area contributed by atoms with Gasteiger partial charge in [-0.15, -0.1) is 0 Å². The Morgan fingerprint density at radius 1 is 1.50 bits per heavy atom. The van der Waals surface area contributed by atoms with Gasteiger partial charge in [0.05, 0.1) is 17.9 Å². The molecule has 4 heteroatoms. The molecular formula is C10H13NO3. The van der Waals surface area contributed by atoms with Gasteiger partial charge in [-0.1, -0.05) is 0 Å². The SMILES string of the molecule is COCc1cc(C(=O)O)c(C)nc1C. The molecule has 1 N–H and O–H groups in total. The van der Waals surface area contributed by atoms with Crippen molar-refractivity contribution < 1.29 is 14.6 Å². The zero-order chi connectivity index (χ0) is 10.7. The predicted octanol–water partition coefficient (Wildman–Crippen LogP) is 1.54. The minimum atomic E-state index is -0.952. The quantitative estimate of drug-likeness (QED) is 0.794. The fourth-order valence-corrected chi connectivity index (χ4v) is 1.28. The zero-order valence-electron chi connectivity index (χ0n) is 8.50. The van der Waals surface area contributed by atoms with Crippen molar-refractivity contribution in [2.45, 2.75) is 20.5 Å². The fraction of sp³-hybridized carbons (Fsp3) is 0.400. The van der Waals surface area contributed by atoms with Crippen LogP contribution in [-0.4, -0.2) is 23.2 Å². The van der Waals surface area contributed by atoms with Gasteiger partial charge < -0.3 is 9.84 Å². The molecule has 0 aliphatic heterocycles. The van der Waals surface area contributed by atoms with Crippen LogP contribution in [0, 0.1) is 13.8 Å². The van der Waals surface area contributed by atoms with Crippen molar-refractivity contribution >= 4 is 5.97 Å². The van der Waals surface area contributed by atoms with E-state index in [0.29, 0.717) is 12.3 Å². The molecule has 0 aliphatic carbocycles. The van der Waals surface area contributed by atoms with Gasteiger partial charge in [0.1, 0.15) is 0 Å². The first-order chi connectivity index (χ1) is 6.56. The summed E-state index contributed by atoms with van der Waals surface area (Å²) in [7, 11) is 1.57. The third kappa shape index (κ3) is 2.09. The van der Waals surface area contributed by atoms with Crippen LogP contribution in [0.1, 0.15) is 27.3 Å². The Morgan fingerprint density at radius 3 is 2.64 bits per heavy atom. The number of ether oxygens (including phenoxy) is 1. The van der Waals surface area contributed by atoms with Gasteiger partial charge in [-0.2, -0.15) is 0 Å². The Balaban J connectivity index is 3.20. The summed E-state index contributed by atoms with van der Waals surface area (Å²) in [6, 6.07) is 1.61. The van der Waals surface area contributed by atoms with E-state index in [0.717, 1.165) is 11.3 Å². The Labute approximate surface area is 82.5 Å². The Hall–Kier alpha value is -1.42. The Morgan fingerprint density at radius 2 is 2.14 bits per heavy atom. The van der Waals surface area contributed by atoms with Crippen LogP contribution >= 0.6 is 0 Å². The van der Waals surface area contributed by atoms with Crippen LogP contribution in [0.5, 0.6) is 0 Å². The number of aromatic nitrogens is 1. The summed E-state index contributed by atoms with van der Waals surface area (Å²) < 4.78 is 4.95. The van der Waals surface area contributed by atoms with Crippen molar-refractivity contribution in [3.8, 4) is 0 Å². The number of carboxylic acids is 1. The highest BCUT2D eigenvalue weighted by atomic mass is 16.5. The maximum atomic E-state index is 10.8. The third-order valence-corrected chi connectivity index (χ3v) is 2.04. The lowest BCUT2D eigenvalue weighted by Crippen LogP contribution is -2.06. The Bertz CT molecular complexity index is 361. The van der Waals surface area contributed by atoms with E-state index in [4.69, 9.17) is 9.84 Å². The van der Waals surface area contributed by atoms with Crippen molar-refractivity contribution in [2.75, 3.05) is 7.11 Å². The van der Waals surface area contributed by atoms with Gasteiger partial charge in [-0.3, -0.25) is 4.98 Å². The van der Waals surface area contributed by atoms with Crippen LogP contribution in [-0.2, 0) is 11.3 Å². The van der Waals surface area contributed by atoms with Gasteiger partial charge in [0.25, 0.3) is 0 Å². The highest BCUT2D eigenvalue weighted by Crippen LogP contribution is 2.13. The summed E-state index contributed by atoms with van der Waals surface area (Å²) in [5.41, 5.74) is 2.40. The largest absolute Gasteiger partial charge is 0.478 e. The first-order valence-corrected chi connectivity index (χ1v) is 4.25. The van der Waals surface area contributed by atoms with Crippen molar-refractivity contribution in [1.29, 1.82) is 0 Å². The molecule has 1 rings (SSSR count). The number of hydrogen-bond donors (Lipinski definition) is 1. The summed E-state index contributed by atoms with van der Waals surface area (Å²) >= 11 is 0. The van der Waals surface area contributed by atoms with Gasteiger partial charge >= 0.3 is 5.97 Å². The lowest BCUT2D eigenvalue weighted by Gasteiger charge is -2.07. The van der Waals surface area contributed by atoms with E-state index in [1.807, 2.05) is 6.92 Å². The topological polar surface area (TPSA) is 59.4 Å². The molecular weight excluding hydrogens is 182 g/mol. The number of rotatable bonds is 3. The van der Waals surface area contributed by atoms with E-state index in [-0.39, 0.29) is 5.56 Å². The molecule has 4 nitrogen and oxygen atoms in total. The van der Waals surface area contributed by atoms with Crippen molar-refractivity contribution in [3.63, 3.8) is 0 Å². The van der Waals surface area contributed by atoms with E-state index in [1.165, 1.54) is 0 Å². The molecule has 0 spiro atoms. The van der Waals surface area contributed by atoms with Gasteiger partial charge in [-0.25, -0.2) is 4.79 Å². The first kappa shape index (κ1) is 10.7. The molecule has 14 heavy (non-hydrogen) atoms. The minimum absolute atomic E-state index is 0.239. The molecule has 1 aromatic rings. The summed E-state index contributed by atoms with van der Waals surface area (Å²) in [5.74, 6) is -0.952. The number of hydrogen-bond acceptors (Lipinski definition) is 3. The normalized spacial score (nSPS) is 10.2. The van der Waals surface area contributed by atoms with Gasteiger partial charge in [0, 0.05) is 12.8 Å². The molecule has 0 unspecified atom stereocenters. The van der Waals surface area contributed by atoms with E-state index in [2.05, 4.69) is 4.98 Å². The summed E-state index contributed by atoms with van der Waals surface area (Å²) in [5, 5.41) is 8.87. The molecule has 1 heterocycles. The molecule has 0 atom stereocenters. The molecule has 0 fully saturated rings. The first-order valence-electron chi connectivity index (χ1n) is 4.25. The van der Waals surface area contributed by atoms with Gasteiger partial charge in [-0.05, 0) is 25.5 Å². The number of pyridine rings is 1. The molecule has 0 amide bonds. The molecule has 0 saturated heterocycles. The summed E-state index contributed by atoms with van der Waals surface area (Å²) in [6.07, 6.45) is 0. The molecule has 1 aromatic heterocycles. The predicted molar refractivity (Wildman–Crippen MR) is 51.4 cm³/mol. The second kappa shape index (κ2) is 4.19. The average molecular weight is 195 g/mol. The van der Waals surface area contributed by atoms with Gasteiger partial charge in [0.15, 0.2) is 0 Å². The number of aryl methyl sites for hydroxylation is 2. The number of aromatic carboxylic acids is 1. The second-order valence-corrected chi connectivity index (χ2v) is 3.10. The monoisotopic (exact) mass is 195 g/mol. The molecule has 0 aliphatic rings. The highest BCUT2D eigenvalue weighted by Gasteiger charge is 2.11.